The molecular formula is C17H18N6O. The molecule has 0 fully saturated rings. The highest BCUT2D eigenvalue weighted by atomic mass is 16.3. The van der Waals surface area contributed by atoms with Crippen LogP contribution in [0.15, 0.2) is 24.5 Å². The molecule has 0 saturated carbocycles. The number of rotatable bonds is 2. The van der Waals surface area contributed by atoms with Gasteiger partial charge < -0.3 is 10.8 Å². The van der Waals surface area contributed by atoms with E-state index in [1.807, 2.05) is 29.7 Å². The van der Waals surface area contributed by atoms with Crippen molar-refractivity contribution in [1.29, 1.82) is 0 Å². The van der Waals surface area contributed by atoms with Crippen molar-refractivity contribution in [2.75, 3.05) is 5.73 Å². The highest BCUT2D eigenvalue weighted by Gasteiger charge is 2.14. The first kappa shape index (κ1) is 15.9. The molecule has 3 N–H and O–H groups in total. The van der Waals surface area contributed by atoms with Crippen LogP contribution in [0.5, 0.6) is 0 Å². The van der Waals surface area contributed by atoms with Crippen molar-refractivity contribution in [3.63, 3.8) is 0 Å². The highest BCUT2D eigenvalue weighted by Crippen LogP contribution is 2.21. The third-order valence-corrected chi connectivity index (χ3v) is 3.33. The molecule has 0 bridgehead atoms. The summed E-state index contributed by atoms with van der Waals surface area (Å²) < 4.78 is 1.85. The van der Waals surface area contributed by atoms with Gasteiger partial charge in [0.2, 0.25) is 11.9 Å². The van der Waals surface area contributed by atoms with Gasteiger partial charge in [0, 0.05) is 12.0 Å². The van der Waals surface area contributed by atoms with Gasteiger partial charge in [0.05, 0.1) is 11.0 Å². The summed E-state index contributed by atoms with van der Waals surface area (Å²) >= 11 is 0. The minimum absolute atomic E-state index is 0.155. The Morgan fingerprint density at radius 3 is 2.71 bits per heavy atom. The molecule has 3 rings (SSSR count). The maximum absolute atomic E-state index is 9.77. The van der Waals surface area contributed by atoms with E-state index in [0.29, 0.717) is 12.4 Å². The number of benzene rings is 1. The van der Waals surface area contributed by atoms with Crippen LogP contribution in [0, 0.1) is 11.8 Å². The molecule has 7 nitrogen and oxygen atoms in total. The SMILES string of the molecule is CCc1nc2ccc(C#CC(C)(C)O)cc2n1-c1ncnc(N)n1. The number of anilines is 1. The zero-order valence-corrected chi connectivity index (χ0v) is 13.8. The average molecular weight is 322 g/mol. The van der Waals surface area contributed by atoms with E-state index < -0.39 is 5.60 Å². The number of nitrogens with two attached hydrogens (primary N) is 1. The molecule has 0 aliphatic carbocycles. The van der Waals surface area contributed by atoms with Crippen LogP contribution in [0.3, 0.4) is 0 Å². The number of aromatic nitrogens is 5. The van der Waals surface area contributed by atoms with E-state index in [2.05, 4.69) is 31.8 Å². The largest absolute Gasteiger partial charge is 0.378 e. The fraction of sp³-hybridized carbons (Fsp3) is 0.294. The Bertz CT molecular complexity index is 959. The summed E-state index contributed by atoms with van der Waals surface area (Å²) in [5.41, 5.74) is 7.06. The molecule has 0 unspecified atom stereocenters. The van der Waals surface area contributed by atoms with Gasteiger partial charge in [-0.1, -0.05) is 18.8 Å². The molecule has 0 saturated heterocycles. The number of aryl methyl sites for hydroxylation is 1. The van der Waals surface area contributed by atoms with Gasteiger partial charge in [0.1, 0.15) is 17.8 Å². The molecule has 3 aromatic rings. The molecule has 24 heavy (non-hydrogen) atoms. The lowest BCUT2D eigenvalue weighted by Crippen LogP contribution is -2.14. The predicted molar refractivity (Wildman–Crippen MR) is 91.4 cm³/mol. The lowest BCUT2D eigenvalue weighted by Gasteiger charge is -2.07. The van der Waals surface area contributed by atoms with Gasteiger partial charge in [-0.3, -0.25) is 4.57 Å². The molecule has 0 aliphatic heterocycles. The lowest BCUT2D eigenvalue weighted by atomic mass is 10.1. The van der Waals surface area contributed by atoms with E-state index in [9.17, 15) is 5.11 Å². The molecular weight excluding hydrogens is 304 g/mol. The van der Waals surface area contributed by atoms with E-state index in [0.717, 1.165) is 22.4 Å². The van der Waals surface area contributed by atoms with E-state index in [1.54, 1.807) is 13.8 Å². The van der Waals surface area contributed by atoms with Crippen molar-refractivity contribution >= 4 is 17.0 Å². The summed E-state index contributed by atoms with van der Waals surface area (Å²) in [5, 5.41) is 9.77. The average Bonchev–Trinajstić information content (AvgIpc) is 2.90. The maximum atomic E-state index is 9.77. The number of imidazole rings is 1. The zero-order valence-electron chi connectivity index (χ0n) is 13.8. The summed E-state index contributed by atoms with van der Waals surface area (Å²) in [6.07, 6.45) is 2.09. The van der Waals surface area contributed by atoms with Crippen molar-refractivity contribution in [3.8, 4) is 17.8 Å². The Morgan fingerprint density at radius 2 is 2.04 bits per heavy atom. The van der Waals surface area contributed by atoms with Gasteiger partial charge in [0.15, 0.2) is 0 Å². The quantitative estimate of drug-likeness (QED) is 0.693. The molecule has 1 aromatic carbocycles. The molecule has 122 valence electrons. The zero-order chi connectivity index (χ0) is 17.3. The third kappa shape index (κ3) is 3.19. The second-order valence-corrected chi connectivity index (χ2v) is 5.87. The number of hydrogen-bond acceptors (Lipinski definition) is 6. The molecule has 0 radical (unpaired) electrons. The minimum Gasteiger partial charge on any atom is -0.378 e. The summed E-state index contributed by atoms with van der Waals surface area (Å²) in [4.78, 5) is 16.8. The number of fused-ring (bicyclic) bond motifs is 1. The van der Waals surface area contributed by atoms with Crippen molar-refractivity contribution in [3.05, 3.63) is 35.9 Å². The topological polar surface area (TPSA) is 103 Å². The van der Waals surface area contributed by atoms with E-state index in [4.69, 9.17) is 5.73 Å². The summed E-state index contributed by atoms with van der Waals surface area (Å²) in [7, 11) is 0. The summed E-state index contributed by atoms with van der Waals surface area (Å²) in [5.74, 6) is 7.18. The van der Waals surface area contributed by atoms with Gasteiger partial charge in [-0.15, -0.1) is 0 Å². The van der Waals surface area contributed by atoms with Crippen LogP contribution in [0.25, 0.3) is 17.0 Å². The first-order valence-corrected chi connectivity index (χ1v) is 7.59. The molecule has 2 aromatic heterocycles. The van der Waals surface area contributed by atoms with E-state index in [-0.39, 0.29) is 5.95 Å². The normalized spacial score (nSPS) is 11.3. The van der Waals surface area contributed by atoms with Gasteiger partial charge >= 0.3 is 0 Å². The predicted octanol–water partition coefficient (Wildman–Crippen LogP) is 1.48. The monoisotopic (exact) mass is 322 g/mol. The highest BCUT2D eigenvalue weighted by molar-refractivity contribution is 5.79. The number of hydrogen-bond donors (Lipinski definition) is 2. The van der Waals surface area contributed by atoms with Crippen LogP contribution in [0.1, 0.15) is 32.2 Å². The second-order valence-electron chi connectivity index (χ2n) is 5.87. The van der Waals surface area contributed by atoms with E-state index in [1.165, 1.54) is 6.33 Å². The number of nitrogens with zero attached hydrogens (tertiary/aromatic N) is 5. The summed E-state index contributed by atoms with van der Waals surface area (Å²) in [6.45, 7) is 5.30. The number of aliphatic hydroxyl groups is 1. The smallest absolute Gasteiger partial charge is 0.240 e. The number of nitrogen functional groups attached to an aromatic ring is 1. The van der Waals surface area contributed by atoms with Crippen LogP contribution in [-0.4, -0.2) is 35.2 Å². The Hall–Kier alpha value is -2.98. The molecule has 0 aliphatic rings. The molecule has 0 atom stereocenters. The van der Waals surface area contributed by atoms with Crippen LogP contribution in [0.2, 0.25) is 0 Å². The molecule has 2 heterocycles. The van der Waals surface area contributed by atoms with Crippen molar-refractivity contribution in [1.82, 2.24) is 24.5 Å². The van der Waals surface area contributed by atoms with Crippen LogP contribution >= 0.6 is 0 Å². The fourth-order valence-corrected chi connectivity index (χ4v) is 2.30. The van der Waals surface area contributed by atoms with Crippen LogP contribution in [-0.2, 0) is 6.42 Å². The molecule has 7 heteroatoms. The van der Waals surface area contributed by atoms with Crippen LogP contribution < -0.4 is 5.73 Å². The van der Waals surface area contributed by atoms with Crippen molar-refractivity contribution < 1.29 is 5.11 Å². The Morgan fingerprint density at radius 1 is 1.25 bits per heavy atom. The molecule has 0 amide bonds. The van der Waals surface area contributed by atoms with Gasteiger partial charge in [0.25, 0.3) is 0 Å². The Kier molecular flexibility index (Phi) is 3.91. The third-order valence-electron chi connectivity index (χ3n) is 3.33. The summed E-state index contributed by atoms with van der Waals surface area (Å²) in [6, 6.07) is 5.67. The first-order valence-electron chi connectivity index (χ1n) is 7.59. The minimum atomic E-state index is -1.05. The van der Waals surface area contributed by atoms with Gasteiger partial charge in [-0.2, -0.15) is 4.98 Å². The fourth-order valence-electron chi connectivity index (χ4n) is 2.30. The Labute approximate surface area is 139 Å². The lowest BCUT2D eigenvalue weighted by molar-refractivity contribution is 0.143. The molecule has 0 spiro atoms. The van der Waals surface area contributed by atoms with Gasteiger partial charge in [-0.05, 0) is 32.0 Å². The van der Waals surface area contributed by atoms with Crippen LogP contribution in [0.4, 0.5) is 5.95 Å². The Balaban J connectivity index is 2.21. The first-order chi connectivity index (χ1) is 11.4. The van der Waals surface area contributed by atoms with E-state index >= 15 is 0 Å². The van der Waals surface area contributed by atoms with Crippen molar-refractivity contribution in [2.45, 2.75) is 32.8 Å². The standard InChI is InChI=1S/C17H18N6O/c1-4-14-21-12-6-5-11(7-8-17(2,3)24)9-13(12)23(14)16-20-10-19-15(18)22-16/h5-6,9-10,24H,4H2,1-3H3,(H2,18,19,20,22). The second kappa shape index (κ2) is 5.91. The van der Waals surface area contributed by atoms with Crippen molar-refractivity contribution in [2.24, 2.45) is 0 Å². The maximum Gasteiger partial charge on any atom is 0.240 e. The van der Waals surface area contributed by atoms with Gasteiger partial charge in [-0.25, -0.2) is 15.0 Å².